The number of hydrogen-bond acceptors (Lipinski definition) is 1. The summed E-state index contributed by atoms with van der Waals surface area (Å²) >= 11 is 0. The Labute approximate surface area is 241 Å². The summed E-state index contributed by atoms with van der Waals surface area (Å²) in [5.41, 5.74) is 0.310. The maximum absolute atomic E-state index is 15.0. The number of unbranched alkanes of at least 4 members (excludes halogenated alkanes) is 2. The second-order valence-electron chi connectivity index (χ2n) is 12.3. The summed E-state index contributed by atoms with van der Waals surface area (Å²) in [5.74, 6) is -4.60. The lowest BCUT2D eigenvalue weighted by atomic mass is 9.76. The SMILES string of the molecule is CCCCCC1CCC(c2ccc(CCC(F)(F)Oc3ccc(C4CCC(CC)CC4)c(F)c3F)c(F)c2F)CC1. The van der Waals surface area contributed by atoms with Crippen LogP contribution in [0.3, 0.4) is 0 Å². The highest BCUT2D eigenvalue weighted by Crippen LogP contribution is 2.41. The Bertz CT molecular complexity index is 1130. The average molecular weight is 583 g/mol. The van der Waals surface area contributed by atoms with E-state index in [1.807, 2.05) is 0 Å². The molecule has 0 N–H and O–H groups in total. The smallest absolute Gasteiger partial charge is 0.398 e. The number of aryl methyl sites for hydroxylation is 1. The third-order valence-electron chi connectivity index (χ3n) is 9.58. The maximum Gasteiger partial charge on any atom is 0.398 e. The van der Waals surface area contributed by atoms with Gasteiger partial charge in [0.05, 0.1) is 6.42 Å². The number of benzene rings is 2. The summed E-state index contributed by atoms with van der Waals surface area (Å²) in [5, 5.41) is 0. The fourth-order valence-corrected chi connectivity index (χ4v) is 6.87. The van der Waals surface area contributed by atoms with Gasteiger partial charge in [0.2, 0.25) is 5.82 Å². The molecular formula is C34H44F6O. The van der Waals surface area contributed by atoms with E-state index in [4.69, 9.17) is 0 Å². The Morgan fingerprint density at radius 1 is 0.683 bits per heavy atom. The second kappa shape index (κ2) is 14.3. The van der Waals surface area contributed by atoms with Crippen LogP contribution < -0.4 is 4.74 Å². The predicted octanol–water partition coefficient (Wildman–Crippen LogP) is 11.4. The highest BCUT2D eigenvalue weighted by Gasteiger charge is 2.35. The topological polar surface area (TPSA) is 9.23 Å². The van der Waals surface area contributed by atoms with E-state index in [9.17, 15) is 22.0 Å². The molecule has 2 aromatic carbocycles. The molecule has 2 fully saturated rings. The van der Waals surface area contributed by atoms with Crippen LogP contribution in [0.25, 0.3) is 0 Å². The minimum Gasteiger partial charge on any atom is -0.429 e. The van der Waals surface area contributed by atoms with Crippen molar-refractivity contribution in [1.82, 2.24) is 0 Å². The van der Waals surface area contributed by atoms with Crippen LogP contribution in [0, 0.1) is 35.1 Å². The van der Waals surface area contributed by atoms with Crippen LogP contribution in [0.2, 0.25) is 0 Å². The van der Waals surface area contributed by atoms with Crippen molar-refractivity contribution in [3.8, 4) is 5.75 Å². The zero-order valence-corrected chi connectivity index (χ0v) is 24.4. The number of halogens is 6. The summed E-state index contributed by atoms with van der Waals surface area (Å²) in [4.78, 5) is 0. The van der Waals surface area contributed by atoms with Gasteiger partial charge in [-0.3, -0.25) is 0 Å². The van der Waals surface area contributed by atoms with Gasteiger partial charge in [-0.05, 0) is 104 Å². The van der Waals surface area contributed by atoms with E-state index in [1.54, 1.807) is 0 Å². The molecule has 0 heterocycles. The molecular weight excluding hydrogens is 538 g/mol. The highest BCUT2D eigenvalue weighted by molar-refractivity contribution is 5.34. The Balaban J connectivity index is 1.34. The quantitative estimate of drug-likeness (QED) is 0.179. The molecule has 0 saturated heterocycles. The van der Waals surface area contributed by atoms with Crippen molar-refractivity contribution in [2.24, 2.45) is 11.8 Å². The fraction of sp³-hybridized carbons (Fsp3) is 0.647. The van der Waals surface area contributed by atoms with Crippen molar-refractivity contribution in [2.45, 2.75) is 128 Å². The van der Waals surface area contributed by atoms with Gasteiger partial charge in [0.1, 0.15) is 0 Å². The van der Waals surface area contributed by atoms with E-state index in [0.29, 0.717) is 17.4 Å². The minimum absolute atomic E-state index is 0.0757. The van der Waals surface area contributed by atoms with Crippen LogP contribution in [-0.2, 0) is 6.42 Å². The van der Waals surface area contributed by atoms with Crippen LogP contribution in [0.5, 0.6) is 5.75 Å². The van der Waals surface area contributed by atoms with Gasteiger partial charge in [0.15, 0.2) is 23.2 Å². The summed E-state index contributed by atoms with van der Waals surface area (Å²) in [6.07, 6.45) is 7.26. The van der Waals surface area contributed by atoms with Crippen molar-refractivity contribution in [3.05, 3.63) is 64.2 Å². The Kier molecular flexibility index (Phi) is 11.1. The van der Waals surface area contributed by atoms with E-state index in [1.165, 1.54) is 43.9 Å². The van der Waals surface area contributed by atoms with Gasteiger partial charge in [0, 0.05) is 0 Å². The second-order valence-corrected chi connectivity index (χ2v) is 12.3. The minimum atomic E-state index is -3.90. The molecule has 0 radical (unpaired) electrons. The van der Waals surface area contributed by atoms with Crippen molar-refractivity contribution in [3.63, 3.8) is 0 Å². The van der Waals surface area contributed by atoms with Crippen molar-refractivity contribution < 1.29 is 31.1 Å². The van der Waals surface area contributed by atoms with E-state index in [2.05, 4.69) is 18.6 Å². The molecule has 0 aliphatic heterocycles. The van der Waals surface area contributed by atoms with E-state index in [-0.39, 0.29) is 23.0 Å². The van der Waals surface area contributed by atoms with E-state index >= 15 is 4.39 Å². The standard InChI is InChI=1S/C34H44F6O/c1-3-5-6-7-23-10-14-25(15-11-23)27-17-16-26(30(35)31(27)36)20-21-34(39,40)41-29-19-18-28(32(37)33(29)38)24-12-8-22(4-2)9-13-24/h16-19,22-25H,3-15,20-21H2,1-2H3. The van der Waals surface area contributed by atoms with Crippen molar-refractivity contribution in [2.75, 3.05) is 0 Å². The lowest BCUT2D eigenvalue weighted by molar-refractivity contribution is -0.181. The van der Waals surface area contributed by atoms with Gasteiger partial charge in [-0.15, -0.1) is 0 Å². The molecule has 2 aliphatic rings. The Morgan fingerprint density at radius 2 is 1.24 bits per heavy atom. The third-order valence-corrected chi connectivity index (χ3v) is 9.58. The summed E-state index contributed by atoms with van der Waals surface area (Å²) in [6.45, 7) is 4.28. The number of hydrogen-bond donors (Lipinski definition) is 0. The molecule has 0 spiro atoms. The zero-order valence-electron chi connectivity index (χ0n) is 24.4. The molecule has 7 heteroatoms. The molecule has 2 saturated carbocycles. The van der Waals surface area contributed by atoms with Crippen LogP contribution in [0.4, 0.5) is 26.3 Å². The van der Waals surface area contributed by atoms with Crippen LogP contribution in [0.15, 0.2) is 24.3 Å². The van der Waals surface area contributed by atoms with Crippen molar-refractivity contribution in [1.29, 1.82) is 0 Å². The first-order valence-corrected chi connectivity index (χ1v) is 15.6. The molecule has 0 atom stereocenters. The van der Waals surface area contributed by atoms with E-state index in [0.717, 1.165) is 63.9 Å². The first kappa shape index (κ1) is 31.7. The van der Waals surface area contributed by atoms with Gasteiger partial charge < -0.3 is 4.74 Å². The average Bonchev–Trinajstić information content (AvgIpc) is 2.97. The molecule has 0 aromatic heterocycles. The lowest BCUT2D eigenvalue weighted by Gasteiger charge is -2.29. The number of ether oxygens (including phenoxy) is 1. The molecule has 0 amide bonds. The van der Waals surface area contributed by atoms with Crippen LogP contribution in [0.1, 0.15) is 132 Å². The van der Waals surface area contributed by atoms with Crippen LogP contribution in [-0.4, -0.2) is 6.11 Å². The zero-order chi connectivity index (χ0) is 29.6. The monoisotopic (exact) mass is 582 g/mol. The van der Waals surface area contributed by atoms with E-state index < -0.39 is 48.0 Å². The molecule has 4 rings (SSSR count). The molecule has 228 valence electrons. The third kappa shape index (κ3) is 8.01. The Morgan fingerprint density at radius 3 is 1.83 bits per heavy atom. The van der Waals surface area contributed by atoms with Crippen molar-refractivity contribution >= 4 is 0 Å². The lowest BCUT2D eigenvalue weighted by Crippen LogP contribution is -2.26. The summed E-state index contributed by atoms with van der Waals surface area (Å²) in [7, 11) is 0. The van der Waals surface area contributed by atoms with Gasteiger partial charge in [-0.2, -0.15) is 13.2 Å². The number of alkyl halides is 2. The number of rotatable bonds is 12. The first-order valence-electron chi connectivity index (χ1n) is 15.6. The molecule has 0 unspecified atom stereocenters. The fourth-order valence-electron chi connectivity index (χ4n) is 6.87. The predicted molar refractivity (Wildman–Crippen MR) is 150 cm³/mol. The molecule has 41 heavy (non-hydrogen) atoms. The van der Waals surface area contributed by atoms with Gasteiger partial charge >= 0.3 is 6.11 Å². The molecule has 2 aromatic rings. The van der Waals surface area contributed by atoms with Gasteiger partial charge in [-0.25, -0.2) is 13.2 Å². The highest BCUT2D eigenvalue weighted by atomic mass is 19.3. The Hall–Kier alpha value is -2.18. The summed E-state index contributed by atoms with van der Waals surface area (Å²) < 4.78 is 93.4. The molecule has 0 bridgehead atoms. The maximum atomic E-state index is 15.0. The first-order chi connectivity index (χ1) is 19.6. The van der Waals surface area contributed by atoms with Gasteiger partial charge in [0.25, 0.3) is 0 Å². The molecule has 2 aliphatic carbocycles. The van der Waals surface area contributed by atoms with Gasteiger partial charge in [-0.1, -0.05) is 64.2 Å². The normalized spacial score (nSPS) is 23.5. The molecule has 1 nitrogen and oxygen atoms in total. The largest absolute Gasteiger partial charge is 0.429 e. The summed E-state index contributed by atoms with van der Waals surface area (Å²) in [6, 6.07) is 5.24. The van der Waals surface area contributed by atoms with Crippen LogP contribution >= 0.6 is 0 Å².